The van der Waals surface area contributed by atoms with Crippen molar-refractivity contribution in [3.63, 3.8) is 0 Å². The fraction of sp³-hybridized carbons (Fsp3) is 0.688. The van der Waals surface area contributed by atoms with Crippen LogP contribution in [0, 0.1) is 11.8 Å². The number of Topliss-reactive ketones (excluding diaryl/α,β-unsaturated/α-hetero) is 1. The van der Waals surface area contributed by atoms with E-state index in [1.54, 1.807) is 13.8 Å². The Balaban J connectivity index is 3.07. The van der Waals surface area contributed by atoms with E-state index in [2.05, 4.69) is 14.9 Å². The molecule has 27 heavy (non-hydrogen) atoms. The van der Waals surface area contributed by atoms with Gasteiger partial charge >= 0.3 is 24.1 Å². The highest BCUT2D eigenvalue weighted by Gasteiger charge is 2.50. The molecule has 1 aliphatic rings. The lowest BCUT2D eigenvalue weighted by Gasteiger charge is -2.27. The Morgan fingerprint density at radius 2 is 1.59 bits per heavy atom. The molecule has 0 aromatic carbocycles. The molecule has 0 aromatic rings. The van der Waals surface area contributed by atoms with Crippen molar-refractivity contribution in [2.45, 2.75) is 32.7 Å². The van der Waals surface area contributed by atoms with E-state index >= 15 is 0 Å². The van der Waals surface area contributed by atoms with Gasteiger partial charge in [0.15, 0.2) is 11.7 Å². The van der Waals surface area contributed by atoms with Crippen LogP contribution in [0.25, 0.3) is 0 Å². The largest absolute Gasteiger partial charge is 0.468 e. The van der Waals surface area contributed by atoms with Gasteiger partial charge in [-0.3, -0.25) is 14.4 Å². The maximum atomic E-state index is 12.8. The van der Waals surface area contributed by atoms with Crippen LogP contribution in [0.5, 0.6) is 0 Å². The van der Waals surface area contributed by atoms with Crippen LogP contribution in [-0.2, 0) is 33.3 Å². The molecular formula is C16H24N2O9. The van der Waals surface area contributed by atoms with Gasteiger partial charge in [0, 0.05) is 5.92 Å². The maximum Gasteiger partial charge on any atom is 0.429 e. The Morgan fingerprint density at radius 1 is 1.04 bits per heavy atom. The summed E-state index contributed by atoms with van der Waals surface area (Å²) in [7, 11) is 2.17. The second kappa shape index (κ2) is 10.3. The number of hydrazine groups is 1. The summed E-state index contributed by atoms with van der Waals surface area (Å²) in [5, 5.41) is 0.718. The molecule has 1 fully saturated rings. The number of nitrogens with one attached hydrogen (secondary N) is 1. The Bertz CT molecular complexity index is 576. The third-order valence-corrected chi connectivity index (χ3v) is 4.02. The van der Waals surface area contributed by atoms with Gasteiger partial charge in [0.2, 0.25) is 0 Å². The molecule has 1 N–H and O–H groups in total. The predicted octanol–water partition coefficient (Wildman–Crippen LogP) is 0.416. The number of nitrogens with zero attached hydrogens (tertiary/aromatic N) is 1. The second-order valence-corrected chi connectivity index (χ2v) is 5.53. The highest BCUT2D eigenvalue weighted by Crippen LogP contribution is 2.33. The van der Waals surface area contributed by atoms with E-state index in [0.29, 0.717) is 0 Å². The number of rotatable bonds is 6. The lowest BCUT2D eigenvalue weighted by atomic mass is 9.89. The summed E-state index contributed by atoms with van der Waals surface area (Å²) in [5.41, 5.74) is 2.17. The monoisotopic (exact) mass is 388 g/mol. The molecule has 1 aliphatic carbocycles. The summed E-state index contributed by atoms with van der Waals surface area (Å²) in [6.07, 6.45) is -1.70. The zero-order valence-corrected chi connectivity index (χ0v) is 15.7. The molecule has 0 heterocycles. The normalized spacial score (nSPS) is 18.6. The van der Waals surface area contributed by atoms with Crippen LogP contribution in [0.2, 0.25) is 0 Å². The molecule has 1 rings (SSSR count). The minimum absolute atomic E-state index is 0.0110. The first kappa shape index (κ1) is 22.2. The van der Waals surface area contributed by atoms with Gasteiger partial charge in [0.05, 0.1) is 27.4 Å². The highest BCUT2D eigenvalue weighted by molar-refractivity contribution is 6.03. The van der Waals surface area contributed by atoms with Crippen LogP contribution in [0.15, 0.2) is 0 Å². The number of hydrogen-bond acceptors (Lipinski definition) is 9. The summed E-state index contributed by atoms with van der Waals surface area (Å²) >= 11 is 0. The average Bonchev–Trinajstić information content (AvgIpc) is 3.01. The molecule has 0 spiro atoms. The van der Waals surface area contributed by atoms with Gasteiger partial charge in [-0.2, -0.15) is 0 Å². The Hall–Kier alpha value is -2.85. The standard InChI is InChI=1S/C16H24N2O9/c1-5-26-15(22)17-18(16(23)27-6-2)10-8-7-9(12(10)19)11(13(20)24-3)14(21)25-4/h9-11H,5-8H2,1-4H3,(H,17,22)/t9-,10-/m0/s1. The lowest BCUT2D eigenvalue weighted by molar-refractivity contribution is -0.163. The van der Waals surface area contributed by atoms with Crippen LogP contribution >= 0.6 is 0 Å². The number of ether oxygens (including phenoxy) is 4. The van der Waals surface area contributed by atoms with Gasteiger partial charge in [-0.1, -0.05) is 0 Å². The molecule has 0 unspecified atom stereocenters. The third-order valence-electron chi connectivity index (χ3n) is 4.02. The second-order valence-electron chi connectivity index (χ2n) is 5.53. The zero-order valence-electron chi connectivity index (χ0n) is 15.7. The van der Waals surface area contributed by atoms with Crippen LogP contribution in [0.1, 0.15) is 26.7 Å². The summed E-state index contributed by atoms with van der Waals surface area (Å²) in [6.45, 7) is 3.19. The van der Waals surface area contributed by atoms with Gasteiger partial charge in [-0.05, 0) is 26.7 Å². The SMILES string of the molecule is CCOC(=O)NN(C(=O)OCC)[C@H]1CC[C@@H](C(C(=O)OC)C(=O)OC)C1=O. The van der Waals surface area contributed by atoms with Gasteiger partial charge < -0.3 is 18.9 Å². The molecule has 11 heteroatoms. The van der Waals surface area contributed by atoms with E-state index in [0.717, 1.165) is 19.2 Å². The van der Waals surface area contributed by atoms with Gasteiger partial charge in [0.1, 0.15) is 6.04 Å². The van der Waals surface area contributed by atoms with E-state index in [-0.39, 0.29) is 26.1 Å². The van der Waals surface area contributed by atoms with Crippen molar-refractivity contribution in [3.05, 3.63) is 0 Å². The van der Waals surface area contributed by atoms with E-state index in [4.69, 9.17) is 9.47 Å². The molecule has 2 amide bonds. The molecule has 11 nitrogen and oxygen atoms in total. The summed E-state index contributed by atoms with van der Waals surface area (Å²) < 4.78 is 18.8. The molecule has 2 atom stereocenters. The Kier molecular flexibility index (Phi) is 8.49. The van der Waals surface area contributed by atoms with Crippen molar-refractivity contribution in [2.75, 3.05) is 27.4 Å². The number of methoxy groups -OCH3 is 2. The molecule has 152 valence electrons. The van der Waals surface area contributed by atoms with Crippen molar-refractivity contribution in [3.8, 4) is 0 Å². The fourth-order valence-corrected chi connectivity index (χ4v) is 2.84. The minimum atomic E-state index is -1.45. The van der Waals surface area contributed by atoms with Crippen LogP contribution < -0.4 is 5.43 Å². The molecular weight excluding hydrogens is 364 g/mol. The van der Waals surface area contributed by atoms with E-state index in [1.807, 2.05) is 0 Å². The molecule has 0 saturated heterocycles. The van der Waals surface area contributed by atoms with Crippen molar-refractivity contribution in [1.29, 1.82) is 0 Å². The third kappa shape index (κ3) is 5.31. The maximum absolute atomic E-state index is 12.8. The van der Waals surface area contributed by atoms with Crippen LogP contribution in [-0.4, -0.2) is 68.4 Å². The topological polar surface area (TPSA) is 138 Å². The molecule has 0 aromatic heterocycles. The van der Waals surface area contributed by atoms with Crippen molar-refractivity contribution in [1.82, 2.24) is 10.4 Å². The lowest BCUT2D eigenvalue weighted by Crippen LogP contribution is -2.54. The van der Waals surface area contributed by atoms with Crippen molar-refractivity contribution in [2.24, 2.45) is 11.8 Å². The summed E-state index contributed by atoms with van der Waals surface area (Å²) in [5.74, 6) is -4.94. The summed E-state index contributed by atoms with van der Waals surface area (Å²) in [6, 6.07) is -1.13. The number of esters is 2. The number of carbonyl (C=O) groups excluding carboxylic acids is 5. The quantitative estimate of drug-likeness (QED) is 0.297. The van der Waals surface area contributed by atoms with Gasteiger partial charge in [0.25, 0.3) is 0 Å². The van der Waals surface area contributed by atoms with Crippen molar-refractivity contribution < 1.29 is 42.9 Å². The first-order valence-electron chi connectivity index (χ1n) is 8.41. The predicted molar refractivity (Wildman–Crippen MR) is 88.1 cm³/mol. The van der Waals surface area contributed by atoms with Gasteiger partial charge in [-0.25, -0.2) is 20.0 Å². The number of amides is 2. The molecule has 1 saturated carbocycles. The fourth-order valence-electron chi connectivity index (χ4n) is 2.84. The van der Waals surface area contributed by atoms with Gasteiger partial charge in [-0.15, -0.1) is 0 Å². The smallest absolute Gasteiger partial charge is 0.429 e. The molecule has 0 radical (unpaired) electrons. The first-order chi connectivity index (χ1) is 12.8. The number of ketones is 1. The number of carbonyl (C=O) groups is 5. The van der Waals surface area contributed by atoms with Crippen molar-refractivity contribution >= 4 is 29.9 Å². The molecule has 0 aliphatic heterocycles. The average molecular weight is 388 g/mol. The van der Waals surface area contributed by atoms with E-state index in [9.17, 15) is 24.0 Å². The summed E-state index contributed by atoms with van der Waals surface area (Å²) in [4.78, 5) is 60.6. The van der Waals surface area contributed by atoms with E-state index < -0.39 is 47.8 Å². The van der Waals surface area contributed by atoms with E-state index in [1.165, 1.54) is 0 Å². The zero-order chi connectivity index (χ0) is 20.6. The first-order valence-corrected chi connectivity index (χ1v) is 8.41. The number of hydrogen-bond donors (Lipinski definition) is 1. The molecule has 0 bridgehead atoms. The Morgan fingerprint density at radius 3 is 2.07 bits per heavy atom. The highest BCUT2D eigenvalue weighted by atomic mass is 16.6. The van der Waals surface area contributed by atoms with Crippen LogP contribution in [0.3, 0.4) is 0 Å². The minimum Gasteiger partial charge on any atom is -0.468 e. The Labute approximate surface area is 156 Å². The van der Waals surface area contributed by atoms with Crippen LogP contribution in [0.4, 0.5) is 9.59 Å².